The highest BCUT2D eigenvalue weighted by molar-refractivity contribution is 6.33. The Balaban J connectivity index is 2.34. The van der Waals surface area contributed by atoms with Crippen molar-refractivity contribution in [3.8, 4) is 0 Å². The zero-order chi connectivity index (χ0) is 14.9. The fourth-order valence-corrected chi connectivity index (χ4v) is 2.18. The van der Waals surface area contributed by atoms with E-state index < -0.39 is 5.82 Å². The Morgan fingerprint density at radius 3 is 2.50 bits per heavy atom. The van der Waals surface area contributed by atoms with Crippen molar-refractivity contribution < 1.29 is 8.78 Å². The molecule has 2 rings (SSSR count). The molecule has 0 saturated carbocycles. The Bertz CT molecular complexity index is 647. The number of rotatable bonds is 3. The molecule has 0 aliphatic heterocycles. The van der Waals surface area contributed by atoms with E-state index in [4.69, 9.17) is 23.1 Å². The van der Waals surface area contributed by atoms with E-state index in [1.165, 1.54) is 18.2 Å². The first-order chi connectivity index (χ1) is 9.40. The molecule has 0 saturated heterocycles. The van der Waals surface area contributed by atoms with E-state index in [-0.39, 0.29) is 27.9 Å². The number of nitrogens with two attached hydrogens (primary N) is 2. The predicted molar refractivity (Wildman–Crippen MR) is 78.7 cm³/mol. The van der Waals surface area contributed by atoms with Crippen LogP contribution < -0.4 is 16.4 Å². The van der Waals surface area contributed by atoms with Gasteiger partial charge in [-0.15, -0.1) is 0 Å². The Labute approximate surface area is 120 Å². The number of hydrogen-bond acceptors (Lipinski definition) is 3. The average molecular weight is 298 g/mol. The molecule has 3 nitrogen and oxygen atoms in total. The molecule has 0 atom stereocenters. The minimum Gasteiger partial charge on any atom is -0.397 e. The molecular weight excluding hydrogens is 284 g/mol. The molecular formula is C14H14ClF2N3. The molecule has 0 aliphatic rings. The van der Waals surface area contributed by atoms with E-state index in [2.05, 4.69) is 0 Å². The summed E-state index contributed by atoms with van der Waals surface area (Å²) >= 11 is 5.78. The summed E-state index contributed by atoms with van der Waals surface area (Å²) in [5, 5.41) is -0.166. The van der Waals surface area contributed by atoms with Crippen molar-refractivity contribution in [2.75, 3.05) is 23.4 Å². The number of hydrogen-bond donors (Lipinski definition) is 2. The summed E-state index contributed by atoms with van der Waals surface area (Å²) in [4.78, 5) is 1.56. The van der Waals surface area contributed by atoms with Gasteiger partial charge < -0.3 is 16.4 Å². The molecule has 106 valence electrons. The highest BCUT2D eigenvalue weighted by Gasteiger charge is 2.17. The van der Waals surface area contributed by atoms with Gasteiger partial charge in [0.15, 0.2) is 5.82 Å². The Hall–Kier alpha value is -2.01. The van der Waals surface area contributed by atoms with Crippen molar-refractivity contribution in [3.63, 3.8) is 0 Å². The van der Waals surface area contributed by atoms with Crippen LogP contribution in [0, 0.1) is 11.6 Å². The number of nitrogen functional groups attached to an aromatic ring is 2. The van der Waals surface area contributed by atoms with Gasteiger partial charge in [0.2, 0.25) is 0 Å². The topological polar surface area (TPSA) is 55.3 Å². The first-order valence-electron chi connectivity index (χ1n) is 5.88. The molecule has 0 aromatic heterocycles. The maximum absolute atomic E-state index is 14.1. The average Bonchev–Trinajstić information content (AvgIpc) is 2.36. The highest BCUT2D eigenvalue weighted by atomic mass is 35.5. The summed E-state index contributed by atoms with van der Waals surface area (Å²) in [6.07, 6.45) is 0. The molecule has 6 heteroatoms. The van der Waals surface area contributed by atoms with E-state index in [1.807, 2.05) is 0 Å². The van der Waals surface area contributed by atoms with Crippen molar-refractivity contribution in [2.45, 2.75) is 6.54 Å². The SMILES string of the molecule is CN(Cc1cccc(F)c1)c1c(N)cc(N)c(Cl)c1F. The Morgan fingerprint density at radius 2 is 1.85 bits per heavy atom. The maximum Gasteiger partial charge on any atom is 0.169 e. The summed E-state index contributed by atoms with van der Waals surface area (Å²) in [7, 11) is 1.65. The van der Waals surface area contributed by atoms with E-state index in [0.717, 1.165) is 0 Å². The van der Waals surface area contributed by atoms with Crippen LogP contribution in [0.25, 0.3) is 0 Å². The van der Waals surface area contributed by atoms with Gasteiger partial charge in [0.1, 0.15) is 10.8 Å². The van der Waals surface area contributed by atoms with Gasteiger partial charge in [-0.3, -0.25) is 0 Å². The van der Waals surface area contributed by atoms with Crippen LogP contribution in [0.1, 0.15) is 5.56 Å². The Morgan fingerprint density at radius 1 is 1.15 bits per heavy atom. The van der Waals surface area contributed by atoms with Crippen LogP contribution in [0.15, 0.2) is 30.3 Å². The zero-order valence-corrected chi connectivity index (χ0v) is 11.6. The lowest BCUT2D eigenvalue weighted by Crippen LogP contribution is -2.20. The van der Waals surface area contributed by atoms with Gasteiger partial charge in [-0.2, -0.15) is 0 Å². The summed E-state index contributed by atoms with van der Waals surface area (Å²) in [6, 6.07) is 7.46. The molecule has 2 aromatic rings. The fraction of sp³-hybridized carbons (Fsp3) is 0.143. The van der Waals surface area contributed by atoms with Crippen LogP contribution in [0.3, 0.4) is 0 Å². The number of nitrogens with zero attached hydrogens (tertiary/aromatic N) is 1. The largest absolute Gasteiger partial charge is 0.397 e. The summed E-state index contributed by atoms with van der Waals surface area (Å²) in [5.74, 6) is -1.03. The van der Waals surface area contributed by atoms with Gasteiger partial charge in [0.25, 0.3) is 0 Å². The molecule has 0 bridgehead atoms. The van der Waals surface area contributed by atoms with Gasteiger partial charge in [0, 0.05) is 13.6 Å². The van der Waals surface area contributed by atoms with Crippen LogP contribution in [-0.2, 0) is 6.54 Å². The monoisotopic (exact) mass is 297 g/mol. The molecule has 2 aromatic carbocycles. The molecule has 0 unspecified atom stereocenters. The lowest BCUT2D eigenvalue weighted by molar-refractivity contribution is 0.620. The van der Waals surface area contributed by atoms with Gasteiger partial charge in [-0.25, -0.2) is 8.78 Å². The quantitative estimate of drug-likeness (QED) is 0.854. The molecule has 20 heavy (non-hydrogen) atoms. The normalized spacial score (nSPS) is 10.6. The minimum absolute atomic E-state index is 0.0876. The van der Waals surface area contributed by atoms with Crippen molar-refractivity contribution in [3.05, 3.63) is 52.6 Å². The van der Waals surface area contributed by atoms with Crippen molar-refractivity contribution in [2.24, 2.45) is 0 Å². The molecule has 0 fully saturated rings. The smallest absolute Gasteiger partial charge is 0.169 e. The van der Waals surface area contributed by atoms with Crippen LogP contribution in [0.4, 0.5) is 25.8 Å². The summed E-state index contributed by atoms with van der Waals surface area (Å²) < 4.78 is 27.3. The Kier molecular flexibility index (Phi) is 3.99. The number of halogens is 3. The highest BCUT2D eigenvalue weighted by Crippen LogP contribution is 2.36. The van der Waals surface area contributed by atoms with E-state index >= 15 is 0 Å². The second-order valence-electron chi connectivity index (χ2n) is 4.52. The van der Waals surface area contributed by atoms with Crippen molar-refractivity contribution in [1.29, 1.82) is 0 Å². The van der Waals surface area contributed by atoms with Crippen LogP contribution in [-0.4, -0.2) is 7.05 Å². The third-order valence-electron chi connectivity index (χ3n) is 2.93. The van der Waals surface area contributed by atoms with Crippen LogP contribution in [0.2, 0.25) is 5.02 Å². The number of benzene rings is 2. The van der Waals surface area contributed by atoms with Crippen LogP contribution >= 0.6 is 11.6 Å². The van der Waals surface area contributed by atoms with Gasteiger partial charge in [-0.1, -0.05) is 23.7 Å². The van der Waals surface area contributed by atoms with Gasteiger partial charge >= 0.3 is 0 Å². The van der Waals surface area contributed by atoms with Crippen LogP contribution in [0.5, 0.6) is 0 Å². The van der Waals surface area contributed by atoms with E-state index in [9.17, 15) is 8.78 Å². The second kappa shape index (κ2) is 5.54. The molecule has 4 N–H and O–H groups in total. The van der Waals surface area contributed by atoms with E-state index in [0.29, 0.717) is 12.1 Å². The van der Waals surface area contributed by atoms with Crippen molar-refractivity contribution >= 4 is 28.7 Å². The lowest BCUT2D eigenvalue weighted by atomic mass is 10.1. The fourth-order valence-electron chi connectivity index (χ4n) is 2.03. The first kappa shape index (κ1) is 14.4. The minimum atomic E-state index is -0.678. The molecule has 0 heterocycles. The first-order valence-corrected chi connectivity index (χ1v) is 6.26. The molecule has 0 radical (unpaired) electrons. The summed E-state index contributed by atoms with van der Waals surface area (Å²) in [6.45, 7) is 0.291. The van der Waals surface area contributed by atoms with E-state index in [1.54, 1.807) is 24.1 Å². The van der Waals surface area contributed by atoms with Crippen molar-refractivity contribution in [1.82, 2.24) is 0 Å². The second-order valence-corrected chi connectivity index (χ2v) is 4.90. The summed E-state index contributed by atoms with van der Waals surface area (Å²) in [5.41, 5.74) is 12.4. The third-order valence-corrected chi connectivity index (χ3v) is 3.31. The maximum atomic E-state index is 14.1. The standard InChI is InChI=1S/C14H14ClF2N3/c1-20(7-8-3-2-4-9(16)5-8)14-11(19)6-10(18)12(15)13(14)17/h2-6H,7,18-19H2,1H3. The molecule has 0 spiro atoms. The predicted octanol–water partition coefficient (Wildman–Crippen LogP) is 3.42. The lowest BCUT2D eigenvalue weighted by Gasteiger charge is -2.23. The van der Waals surface area contributed by atoms with Gasteiger partial charge in [0.05, 0.1) is 17.1 Å². The molecule has 0 amide bonds. The molecule has 0 aliphatic carbocycles. The zero-order valence-electron chi connectivity index (χ0n) is 10.8. The number of anilines is 3. The third kappa shape index (κ3) is 2.77. The van der Waals surface area contributed by atoms with Gasteiger partial charge in [-0.05, 0) is 23.8 Å².